The van der Waals surface area contributed by atoms with Crippen LogP contribution in [0.2, 0.25) is 0 Å². The molecule has 0 radical (unpaired) electrons. The van der Waals surface area contributed by atoms with Crippen LogP contribution in [0.4, 0.5) is 10.1 Å². The van der Waals surface area contributed by atoms with E-state index in [0.717, 1.165) is 16.7 Å². The summed E-state index contributed by atoms with van der Waals surface area (Å²) in [6.07, 6.45) is 0.244. The van der Waals surface area contributed by atoms with Gasteiger partial charge in [0.2, 0.25) is 5.91 Å². The molecule has 0 aliphatic carbocycles. The Bertz CT molecular complexity index is 590. The molecule has 2 aromatic carbocycles. The minimum absolute atomic E-state index is 0.216. The molecule has 0 aliphatic rings. The molecule has 2 rings (SSSR count). The molecule has 1 amide bonds. The summed E-state index contributed by atoms with van der Waals surface area (Å²) < 4.78 is 13.6. The summed E-state index contributed by atoms with van der Waals surface area (Å²) in [6, 6.07) is 12.5. The van der Waals surface area contributed by atoms with Crippen LogP contribution in [0.5, 0.6) is 0 Å². The van der Waals surface area contributed by atoms with Gasteiger partial charge in [-0.1, -0.05) is 35.9 Å². The fraction of sp³-hybridized carbons (Fsp3) is 0.188. The third kappa shape index (κ3) is 3.65. The number of benzene rings is 2. The predicted octanol–water partition coefficient (Wildman–Crippen LogP) is 3.62. The van der Waals surface area contributed by atoms with Crippen LogP contribution in [0.3, 0.4) is 0 Å². The molecule has 0 fully saturated rings. The number of hydrogen-bond donors (Lipinski definition) is 1. The number of carbonyl (C=O) groups excluding carboxylic acids is 1. The van der Waals surface area contributed by atoms with E-state index >= 15 is 0 Å². The summed E-state index contributed by atoms with van der Waals surface area (Å²) in [5.74, 6) is -0.621. The van der Waals surface area contributed by atoms with Crippen LogP contribution in [-0.2, 0) is 11.2 Å². The number of halogens is 1. The van der Waals surface area contributed by atoms with Crippen molar-refractivity contribution in [2.45, 2.75) is 20.3 Å². The van der Waals surface area contributed by atoms with E-state index in [0.29, 0.717) is 0 Å². The third-order valence-corrected chi connectivity index (χ3v) is 2.88. The molecule has 0 atom stereocenters. The van der Waals surface area contributed by atoms with Gasteiger partial charge in [-0.25, -0.2) is 4.39 Å². The lowest BCUT2D eigenvalue weighted by Gasteiger charge is -2.07. The van der Waals surface area contributed by atoms with Crippen molar-refractivity contribution in [3.05, 3.63) is 65.0 Å². The van der Waals surface area contributed by atoms with Crippen LogP contribution in [-0.4, -0.2) is 5.91 Å². The van der Waals surface area contributed by atoms with Gasteiger partial charge in [-0.15, -0.1) is 0 Å². The Hall–Kier alpha value is -2.16. The highest BCUT2D eigenvalue weighted by atomic mass is 19.1. The van der Waals surface area contributed by atoms with Crippen molar-refractivity contribution in [1.82, 2.24) is 0 Å². The summed E-state index contributed by atoms with van der Waals surface area (Å²) >= 11 is 0. The lowest BCUT2D eigenvalue weighted by Crippen LogP contribution is -2.15. The Kier molecular flexibility index (Phi) is 3.95. The Balaban J connectivity index is 2.03. The van der Waals surface area contributed by atoms with Crippen LogP contribution in [0.25, 0.3) is 0 Å². The van der Waals surface area contributed by atoms with Gasteiger partial charge >= 0.3 is 0 Å². The minimum Gasteiger partial charge on any atom is -0.323 e. The zero-order valence-corrected chi connectivity index (χ0v) is 11.0. The number of aryl methyl sites for hydroxylation is 2. The van der Waals surface area contributed by atoms with Crippen LogP contribution in [0.15, 0.2) is 42.5 Å². The van der Waals surface area contributed by atoms with Gasteiger partial charge in [-0.05, 0) is 37.1 Å². The van der Waals surface area contributed by atoms with E-state index in [1.807, 2.05) is 31.2 Å². The Morgan fingerprint density at radius 1 is 1.05 bits per heavy atom. The van der Waals surface area contributed by atoms with Gasteiger partial charge in [0.1, 0.15) is 5.82 Å². The van der Waals surface area contributed by atoms with Crippen LogP contribution in [0, 0.1) is 19.7 Å². The molecule has 0 unspecified atom stereocenters. The largest absolute Gasteiger partial charge is 0.323 e. The van der Waals surface area contributed by atoms with Gasteiger partial charge in [0.05, 0.1) is 12.1 Å². The molecule has 1 N–H and O–H groups in total. The first-order valence-electron chi connectivity index (χ1n) is 6.16. The Morgan fingerprint density at radius 3 is 2.32 bits per heavy atom. The monoisotopic (exact) mass is 257 g/mol. The second-order valence-electron chi connectivity index (χ2n) is 4.69. The molecule has 0 heterocycles. The molecule has 19 heavy (non-hydrogen) atoms. The summed E-state index contributed by atoms with van der Waals surface area (Å²) in [4.78, 5) is 11.8. The highest BCUT2D eigenvalue weighted by Crippen LogP contribution is 2.15. The number of carbonyl (C=O) groups is 1. The molecule has 2 nitrogen and oxygen atoms in total. The van der Waals surface area contributed by atoms with Crippen molar-refractivity contribution in [1.29, 1.82) is 0 Å². The van der Waals surface area contributed by atoms with E-state index < -0.39 is 5.82 Å². The van der Waals surface area contributed by atoms with Gasteiger partial charge in [0.15, 0.2) is 0 Å². The number of amides is 1. The Morgan fingerprint density at radius 2 is 1.68 bits per heavy atom. The molecule has 0 bridgehead atoms. The number of hydrogen-bond acceptors (Lipinski definition) is 1. The molecule has 0 aliphatic heterocycles. The zero-order valence-electron chi connectivity index (χ0n) is 11.0. The normalized spacial score (nSPS) is 10.3. The number of nitrogens with one attached hydrogen (secondary N) is 1. The predicted molar refractivity (Wildman–Crippen MR) is 74.6 cm³/mol. The average molecular weight is 257 g/mol. The summed E-state index contributed by atoms with van der Waals surface area (Å²) in [6.45, 7) is 3.80. The van der Waals surface area contributed by atoms with Crippen molar-refractivity contribution in [2.24, 2.45) is 0 Å². The molecule has 98 valence electrons. The van der Waals surface area contributed by atoms with Gasteiger partial charge < -0.3 is 5.32 Å². The van der Waals surface area contributed by atoms with Gasteiger partial charge in [0, 0.05) is 0 Å². The second kappa shape index (κ2) is 5.65. The maximum atomic E-state index is 13.6. The number of anilines is 1. The van der Waals surface area contributed by atoms with Gasteiger partial charge in [0.25, 0.3) is 0 Å². The summed E-state index contributed by atoms with van der Waals surface area (Å²) in [5.41, 5.74) is 3.11. The van der Waals surface area contributed by atoms with Crippen molar-refractivity contribution in [3.63, 3.8) is 0 Å². The maximum absolute atomic E-state index is 13.6. The van der Waals surface area contributed by atoms with E-state index in [4.69, 9.17) is 0 Å². The van der Waals surface area contributed by atoms with Crippen molar-refractivity contribution >= 4 is 11.6 Å². The van der Waals surface area contributed by atoms with Crippen LogP contribution in [0.1, 0.15) is 16.7 Å². The van der Waals surface area contributed by atoms with Crippen molar-refractivity contribution in [2.75, 3.05) is 5.32 Å². The molecule has 0 saturated heterocycles. The first kappa shape index (κ1) is 13.3. The van der Waals surface area contributed by atoms with E-state index in [1.165, 1.54) is 6.07 Å². The standard InChI is InChI=1S/C16H16FNO/c1-11-3-6-13(7-4-11)10-16(19)18-15-8-5-12(2)9-14(15)17/h3-9H,10H2,1-2H3,(H,18,19). The third-order valence-electron chi connectivity index (χ3n) is 2.88. The highest BCUT2D eigenvalue weighted by Gasteiger charge is 2.07. The first-order valence-corrected chi connectivity index (χ1v) is 6.16. The second-order valence-corrected chi connectivity index (χ2v) is 4.69. The van der Waals surface area contributed by atoms with E-state index in [-0.39, 0.29) is 18.0 Å². The first-order chi connectivity index (χ1) is 9.04. The molecular formula is C16H16FNO. The molecule has 0 saturated carbocycles. The summed E-state index contributed by atoms with van der Waals surface area (Å²) in [7, 11) is 0. The molecule has 0 spiro atoms. The summed E-state index contributed by atoms with van der Waals surface area (Å²) in [5, 5.41) is 2.59. The average Bonchev–Trinajstić information content (AvgIpc) is 2.36. The highest BCUT2D eigenvalue weighted by molar-refractivity contribution is 5.92. The molecular weight excluding hydrogens is 241 g/mol. The van der Waals surface area contributed by atoms with Gasteiger partial charge in [-0.2, -0.15) is 0 Å². The van der Waals surface area contributed by atoms with Crippen LogP contribution >= 0.6 is 0 Å². The SMILES string of the molecule is Cc1ccc(CC(=O)Nc2ccc(C)cc2F)cc1. The zero-order chi connectivity index (χ0) is 13.8. The quantitative estimate of drug-likeness (QED) is 0.894. The van der Waals surface area contributed by atoms with E-state index in [2.05, 4.69) is 5.32 Å². The fourth-order valence-corrected chi connectivity index (χ4v) is 1.81. The smallest absolute Gasteiger partial charge is 0.228 e. The lowest BCUT2D eigenvalue weighted by atomic mass is 10.1. The van der Waals surface area contributed by atoms with Gasteiger partial charge in [-0.3, -0.25) is 4.79 Å². The molecule has 2 aromatic rings. The molecule has 0 aromatic heterocycles. The van der Waals surface area contributed by atoms with Crippen LogP contribution < -0.4 is 5.32 Å². The van der Waals surface area contributed by atoms with Crippen molar-refractivity contribution < 1.29 is 9.18 Å². The fourth-order valence-electron chi connectivity index (χ4n) is 1.81. The Labute approximate surface area is 112 Å². The van der Waals surface area contributed by atoms with E-state index in [1.54, 1.807) is 19.1 Å². The topological polar surface area (TPSA) is 29.1 Å². The molecule has 3 heteroatoms. The minimum atomic E-state index is -0.405. The number of rotatable bonds is 3. The lowest BCUT2D eigenvalue weighted by molar-refractivity contribution is -0.115. The van der Waals surface area contributed by atoms with Crippen molar-refractivity contribution in [3.8, 4) is 0 Å². The van der Waals surface area contributed by atoms with E-state index in [9.17, 15) is 9.18 Å². The maximum Gasteiger partial charge on any atom is 0.228 e.